The van der Waals surface area contributed by atoms with Crippen LogP contribution in [-0.4, -0.2) is 30.9 Å². The summed E-state index contributed by atoms with van der Waals surface area (Å²) in [6, 6.07) is 22.6. The molecule has 136 valence electrons. The van der Waals surface area contributed by atoms with E-state index >= 15 is 0 Å². The Morgan fingerprint density at radius 2 is 1.52 bits per heavy atom. The van der Waals surface area contributed by atoms with Gasteiger partial charge in [-0.1, -0.05) is 60.7 Å². The highest BCUT2D eigenvalue weighted by atomic mass is 16.2. The Hall–Kier alpha value is -3.44. The zero-order chi connectivity index (χ0) is 19.2. The summed E-state index contributed by atoms with van der Waals surface area (Å²) >= 11 is 0. The van der Waals surface area contributed by atoms with Crippen molar-refractivity contribution in [3.63, 3.8) is 0 Å². The topological polar surface area (TPSA) is 61.4 Å². The lowest BCUT2D eigenvalue weighted by Crippen LogP contribution is -2.41. The minimum absolute atomic E-state index is 0.175. The maximum absolute atomic E-state index is 12.6. The van der Waals surface area contributed by atoms with E-state index in [1.165, 1.54) is 5.01 Å². The van der Waals surface area contributed by atoms with Gasteiger partial charge in [0.25, 0.3) is 11.8 Å². The van der Waals surface area contributed by atoms with E-state index in [0.717, 1.165) is 16.3 Å². The van der Waals surface area contributed by atoms with Crippen LogP contribution in [0.3, 0.4) is 0 Å². The zero-order valence-electron chi connectivity index (χ0n) is 15.3. The van der Waals surface area contributed by atoms with Crippen molar-refractivity contribution in [2.45, 2.75) is 0 Å². The van der Waals surface area contributed by atoms with Crippen molar-refractivity contribution in [1.82, 2.24) is 15.8 Å². The third-order valence-corrected chi connectivity index (χ3v) is 3.98. The molecule has 0 aliphatic carbocycles. The van der Waals surface area contributed by atoms with Crippen LogP contribution in [0.15, 0.2) is 78.5 Å². The number of amides is 2. The first kappa shape index (κ1) is 18.4. The normalized spacial score (nSPS) is 11.4. The summed E-state index contributed by atoms with van der Waals surface area (Å²) in [6.45, 7) is 0. The van der Waals surface area contributed by atoms with Crippen LogP contribution in [0.25, 0.3) is 16.8 Å². The van der Waals surface area contributed by atoms with Gasteiger partial charge in [-0.15, -0.1) is 0 Å². The second kappa shape index (κ2) is 8.29. The van der Waals surface area contributed by atoms with Gasteiger partial charge in [0.1, 0.15) is 5.70 Å². The van der Waals surface area contributed by atoms with Crippen LogP contribution in [0.2, 0.25) is 0 Å². The van der Waals surface area contributed by atoms with E-state index in [1.807, 2.05) is 48.5 Å². The Labute approximate surface area is 158 Å². The molecule has 2 N–H and O–H groups in total. The molecule has 0 aliphatic rings. The first-order chi connectivity index (χ1) is 13.0. The van der Waals surface area contributed by atoms with Gasteiger partial charge in [0, 0.05) is 19.7 Å². The van der Waals surface area contributed by atoms with Gasteiger partial charge >= 0.3 is 0 Å². The molecular weight excluding hydrogens is 338 g/mol. The summed E-state index contributed by atoms with van der Waals surface area (Å²) in [5.74, 6) is -0.729. The molecule has 0 spiro atoms. The lowest BCUT2D eigenvalue weighted by molar-refractivity contribution is -0.121. The van der Waals surface area contributed by atoms with Crippen LogP contribution in [0.4, 0.5) is 0 Å². The van der Waals surface area contributed by atoms with Gasteiger partial charge in [0.2, 0.25) is 0 Å². The van der Waals surface area contributed by atoms with E-state index in [1.54, 1.807) is 44.4 Å². The summed E-state index contributed by atoms with van der Waals surface area (Å²) in [4.78, 5) is 25.2. The van der Waals surface area contributed by atoms with Crippen LogP contribution >= 0.6 is 0 Å². The lowest BCUT2D eigenvalue weighted by Gasteiger charge is -2.15. The smallest absolute Gasteiger partial charge is 0.282 e. The number of hydrogen-bond acceptors (Lipinski definition) is 3. The van der Waals surface area contributed by atoms with Crippen LogP contribution in [0, 0.1) is 0 Å². The highest BCUT2D eigenvalue weighted by Gasteiger charge is 2.15. The Morgan fingerprint density at radius 1 is 0.852 bits per heavy atom. The van der Waals surface area contributed by atoms with Crippen molar-refractivity contribution >= 4 is 28.7 Å². The fourth-order valence-electron chi connectivity index (χ4n) is 2.74. The van der Waals surface area contributed by atoms with Crippen LogP contribution in [-0.2, 0) is 4.79 Å². The Kier molecular flexibility index (Phi) is 5.64. The maximum atomic E-state index is 12.6. The highest BCUT2D eigenvalue weighted by Crippen LogP contribution is 2.20. The number of nitrogens with one attached hydrogen (secondary N) is 2. The number of carbonyl (C=O) groups is 2. The van der Waals surface area contributed by atoms with E-state index < -0.39 is 5.91 Å². The fourth-order valence-corrected chi connectivity index (χ4v) is 2.74. The molecule has 0 atom stereocenters. The molecule has 3 aromatic carbocycles. The third-order valence-electron chi connectivity index (χ3n) is 3.98. The fraction of sp³-hybridized carbons (Fsp3) is 0.0909. The number of rotatable bonds is 5. The minimum atomic E-state index is -0.391. The monoisotopic (exact) mass is 359 g/mol. The van der Waals surface area contributed by atoms with Crippen molar-refractivity contribution in [3.05, 3.63) is 89.6 Å². The zero-order valence-corrected chi connectivity index (χ0v) is 15.3. The molecule has 2 amide bonds. The molecular formula is C22H21N3O2. The number of nitrogens with zero attached hydrogens (tertiary/aromatic N) is 1. The number of hydrogen-bond donors (Lipinski definition) is 2. The second-order valence-corrected chi connectivity index (χ2v) is 6.28. The largest absolute Gasteiger partial charge is 0.317 e. The average Bonchev–Trinajstić information content (AvgIpc) is 2.67. The summed E-state index contributed by atoms with van der Waals surface area (Å²) in [5.41, 5.74) is 4.19. The van der Waals surface area contributed by atoms with E-state index in [9.17, 15) is 9.59 Å². The number of carbonyl (C=O) groups excluding carboxylic acids is 2. The molecule has 0 saturated carbocycles. The van der Waals surface area contributed by atoms with E-state index in [0.29, 0.717) is 5.56 Å². The Morgan fingerprint density at radius 3 is 2.26 bits per heavy atom. The van der Waals surface area contributed by atoms with E-state index in [4.69, 9.17) is 0 Å². The van der Waals surface area contributed by atoms with Gasteiger partial charge in [0.15, 0.2) is 0 Å². The lowest BCUT2D eigenvalue weighted by atomic mass is 10.0. The van der Waals surface area contributed by atoms with Crippen LogP contribution in [0.1, 0.15) is 15.9 Å². The standard InChI is InChI=1S/C22H21N3O2/c1-25(2)24-22(27)20(23-21(26)17-10-4-3-5-11-17)15-18-13-8-12-16-9-6-7-14-19(16)18/h3-15H,1-2H3,(H,23,26)(H,24,27)/b20-15-. The summed E-state index contributed by atoms with van der Waals surface area (Å²) < 4.78 is 0. The molecule has 5 nitrogen and oxygen atoms in total. The van der Waals surface area contributed by atoms with E-state index in [-0.39, 0.29) is 11.6 Å². The minimum Gasteiger partial charge on any atom is -0.317 e. The van der Waals surface area contributed by atoms with Gasteiger partial charge in [-0.05, 0) is 34.5 Å². The summed E-state index contributed by atoms with van der Waals surface area (Å²) in [7, 11) is 3.43. The van der Waals surface area contributed by atoms with Crippen molar-refractivity contribution in [1.29, 1.82) is 0 Å². The van der Waals surface area contributed by atoms with Gasteiger partial charge in [0.05, 0.1) is 0 Å². The van der Waals surface area contributed by atoms with Gasteiger partial charge in [-0.2, -0.15) is 0 Å². The molecule has 0 unspecified atom stereocenters. The molecule has 0 saturated heterocycles. The number of fused-ring (bicyclic) bond motifs is 1. The number of benzene rings is 3. The van der Waals surface area contributed by atoms with Crippen LogP contribution in [0.5, 0.6) is 0 Å². The predicted octanol–water partition coefficient (Wildman–Crippen LogP) is 3.20. The molecule has 5 heteroatoms. The summed E-state index contributed by atoms with van der Waals surface area (Å²) in [6.07, 6.45) is 1.70. The van der Waals surface area contributed by atoms with E-state index in [2.05, 4.69) is 10.7 Å². The quantitative estimate of drug-likeness (QED) is 0.543. The molecule has 27 heavy (non-hydrogen) atoms. The molecule has 3 rings (SSSR count). The van der Waals surface area contributed by atoms with Crippen molar-refractivity contribution < 1.29 is 9.59 Å². The van der Waals surface area contributed by atoms with Crippen molar-refractivity contribution in [2.75, 3.05) is 14.1 Å². The molecule has 0 heterocycles. The summed E-state index contributed by atoms with van der Waals surface area (Å²) in [5, 5.41) is 6.34. The van der Waals surface area contributed by atoms with Crippen molar-refractivity contribution in [3.8, 4) is 0 Å². The van der Waals surface area contributed by atoms with Crippen LogP contribution < -0.4 is 10.7 Å². The first-order valence-corrected chi connectivity index (χ1v) is 8.59. The number of hydrazine groups is 1. The Balaban J connectivity index is 1.99. The molecule has 3 aromatic rings. The van der Waals surface area contributed by atoms with Gasteiger partial charge in [-0.25, -0.2) is 5.01 Å². The molecule has 0 aromatic heterocycles. The average molecular weight is 359 g/mol. The molecule has 0 aliphatic heterocycles. The highest BCUT2D eigenvalue weighted by molar-refractivity contribution is 6.06. The SMILES string of the molecule is CN(C)NC(=O)/C(=C/c1cccc2ccccc12)NC(=O)c1ccccc1. The first-order valence-electron chi connectivity index (χ1n) is 8.59. The predicted molar refractivity (Wildman–Crippen MR) is 108 cm³/mol. The Bertz CT molecular complexity index is 989. The van der Waals surface area contributed by atoms with Gasteiger partial charge in [-0.3, -0.25) is 15.0 Å². The molecule has 0 bridgehead atoms. The molecule has 0 fully saturated rings. The second-order valence-electron chi connectivity index (χ2n) is 6.28. The van der Waals surface area contributed by atoms with Crippen molar-refractivity contribution in [2.24, 2.45) is 0 Å². The molecule has 0 radical (unpaired) electrons. The van der Waals surface area contributed by atoms with Gasteiger partial charge < -0.3 is 5.32 Å². The third kappa shape index (κ3) is 4.59. The maximum Gasteiger partial charge on any atom is 0.282 e.